The Kier molecular flexibility index (Phi) is 6.03. The van der Waals surface area contributed by atoms with Gasteiger partial charge in [-0.15, -0.1) is 0 Å². The van der Waals surface area contributed by atoms with Crippen LogP contribution in [0.25, 0.3) is 0 Å². The maximum absolute atomic E-state index is 4.49. The Hall–Kier alpha value is -2.07. The zero-order chi connectivity index (χ0) is 14.9. The minimum Gasteiger partial charge on any atom is -0.296 e. The minimum atomic E-state index is 0.801. The zero-order valence-corrected chi connectivity index (χ0v) is 12.7. The number of aryl methyl sites for hydroxylation is 1. The summed E-state index contributed by atoms with van der Waals surface area (Å²) < 4.78 is 0. The standard InChI is InChI=1S/C17H22N4/c1-3-18-10-11-21(13-16-6-4-5-9-19-16)14-17-8-7-15(2)12-20-17/h3-9,12H,10-11,13-14H2,1-2H3. The Morgan fingerprint density at radius 3 is 2.52 bits per heavy atom. The molecule has 0 N–H and O–H groups in total. The predicted octanol–water partition coefficient (Wildman–Crippen LogP) is 2.88. The van der Waals surface area contributed by atoms with Gasteiger partial charge in [0.25, 0.3) is 0 Å². The number of aliphatic imine (C=N–C) groups is 1. The van der Waals surface area contributed by atoms with E-state index < -0.39 is 0 Å². The van der Waals surface area contributed by atoms with E-state index in [1.807, 2.05) is 37.7 Å². The average molecular weight is 282 g/mol. The first-order valence-electron chi connectivity index (χ1n) is 7.26. The van der Waals surface area contributed by atoms with Crippen LogP contribution in [-0.2, 0) is 13.1 Å². The molecule has 0 saturated heterocycles. The van der Waals surface area contributed by atoms with Crippen molar-refractivity contribution < 1.29 is 0 Å². The third-order valence-corrected chi connectivity index (χ3v) is 3.20. The highest BCUT2D eigenvalue weighted by molar-refractivity contribution is 5.53. The molecular weight excluding hydrogens is 260 g/mol. The van der Waals surface area contributed by atoms with Crippen molar-refractivity contribution in [3.05, 3.63) is 59.7 Å². The summed E-state index contributed by atoms with van der Waals surface area (Å²) in [6.07, 6.45) is 5.60. The molecule has 2 aromatic rings. The maximum Gasteiger partial charge on any atom is 0.0544 e. The number of hydrogen-bond donors (Lipinski definition) is 0. The topological polar surface area (TPSA) is 41.4 Å². The van der Waals surface area contributed by atoms with Crippen LogP contribution in [-0.4, -0.2) is 34.2 Å². The van der Waals surface area contributed by atoms with Crippen LogP contribution in [0.1, 0.15) is 23.9 Å². The number of nitrogens with zero attached hydrogens (tertiary/aromatic N) is 4. The number of aromatic nitrogens is 2. The summed E-state index contributed by atoms with van der Waals surface area (Å²) in [4.78, 5) is 15.5. The van der Waals surface area contributed by atoms with E-state index in [1.165, 1.54) is 5.56 Å². The molecule has 0 unspecified atom stereocenters. The van der Waals surface area contributed by atoms with Crippen LogP contribution in [0.4, 0.5) is 0 Å². The molecule has 4 heteroatoms. The fourth-order valence-corrected chi connectivity index (χ4v) is 2.08. The van der Waals surface area contributed by atoms with Crippen LogP contribution in [0.3, 0.4) is 0 Å². The van der Waals surface area contributed by atoms with Crippen molar-refractivity contribution in [2.24, 2.45) is 4.99 Å². The summed E-state index contributed by atoms with van der Waals surface area (Å²) in [6.45, 7) is 7.33. The average Bonchev–Trinajstić information content (AvgIpc) is 2.51. The highest BCUT2D eigenvalue weighted by atomic mass is 15.1. The molecule has 0 aliphatic heterocycles. The molecule has 0 aliphatic carbocycles. The van der Waals surface area contributed by atoms with Crippen LogP contribution < -0.4 is 0 Å². The molecule has 4 nitrogen and oxygen atoms in total. The Morgan fingerprint density at radius 1 is 1.10 bits per heavy atom. The molecule has 0 aromatic carbocycles. The molecule has 0 atom stereocenters. The normalized spacial score (nSPS) is 11.4. The second-order valence-corrected chi connectivity index (χ2v) is 5.02. The lowest BCUT2D eigenvalue weighted by molar-refractivity contribution is 0.258. The zero-order valence-electron chi connectivity index (χ0n) is 12.7. The van der Waals surface area contributed by atoms with Gasteiger partial charge in [-0.25, -0.2) is 0 Å². The third kappa shape index (κ3) is 5.44. The molecule has 110 valence electrons. The summed E-state index contributed by atoms with van der Waals surface area (Å²) in [5, 5.41) is 0. The van der Waals surface area contributed by atoms with Crippen LogP contribution in [0.5, 0.6) is 0 Å². The Bertz CT molecular complexity index is 549. The van der Waals surface area contributed by atoms with Crippen molar-refractivity contribution in [3.63, 3.8) is 0 Å². The van der Waals surface area contributed by atoms with Crippen LogP contribution in [0.15, 0.2) is 47.7 Å². The van der Waals surface area contributed by atoms with E-state index in [9.17, 15) is 0 Å². The molecule has 0 amide bonds. The van der Waals surface area contributed by atoms with Crippen molar-refractivity contribution >= 4 is 6.21 Å². The van der Waals surface area contributed by atoms with Crippen molar-refractivity contribution in [2.75, 3.05) is 13.1 Å². The molecule has 0 fully saturated rings. The van der Waals surface area contributed by atoms with E-state index in [1.54, 1.807) is 0 Å². The summed E-state index contributed by atoms with van der Waals surface area (Å²) in [6, 6.07) is 10.2. The lowest BCUT2D eigenvalue weighted by atomic mass is 10.2. The van der Waals surface area contributed by atoms with E-state index in [-0.39, 0.29) is 0 Å². The quantitative estimate of drug-likeness (QED) is 0.733. The molecule has 21 heavy (non-hydrogen) atoms. The summed E-state index contributed by atoms with van der Waals surface area (Å²) >= 11 is 0. The largest absolute Gasteiger partial charge is 0.296 e. The van der Waals surface area contributed by atoms with Gasteiger partial charge in [-0.2, -0.15) is 0 Å². The van der Waals surface area contributed by atoms with E-state index in [0.29, 0.717) is 0 Å². The fraction of sp³-hybridized carbons (Fsp3) is 0.353. The molecule has 2 aromatic heterocycles. The SMILES string of the molecule is CC=NCCN(Cc1ccccn1)Cc1ccc(C)cn1. The molecule has 2 rings (SSSR count). The van der Waals surface area contributed by atoms with Crippen molar-refractivity contribution in [1.82, 2.24) is 14.9 Å². The predicted molar refractivity (Wildman–Crippen MR) is 86.4 cm³/mol. The van der Waals surface area contributed by atoms with E-state index >= 15 is 0 Å². The first-order chi connectivity index (χ1) is 10.3. The van der Waals surface area contributed by atoms with Crippen LogP contribution >= 0.6 is 0 Å². The third-order valence-electron chi connectivity index (χ3n) is 3.20. The molecule has 0 saturated carbocycles. The first kappa shape index (κ1) is 15.3. The van der Waals surface area contributed by atoms with Gasteiger partial charge < -0.3 is 0 Å². The highest BCUT2D eigenvalue weighted by Crippen LogP contribution is 2.07. The van der Waals surface area contributed by atoms with E-state index in [0.717, 1.165) is 37.6 Å². The van der Waals surface area contributed by atoms with Gasteiger partial charge in [-0.3, -0.25) is 19.9 Å². The second kappa shape index (κ2) is 8.27. The van der Waals surface area contributed by atoms with Gasteiger partial charge in [0.1, 0.15) is 0 Å². The van der Waals surface area contributed by atoms with Gasteiger partial charge >= 0.3 is 0 Å². The highest BCUT2D eigenvalue weighted by Gasteiger charge is 2.08. The first-order valence-corrected chi connectivity index (χ1v) is 7.26. The van der Waals surface area contributed by atoms with Crippen LogP contribution in [0, 0.1) is 6.92 Å². The van der Waals surface area contributed by atoms with Gasteiger partial charge in [0.15, 0.2) is 0 Å². The van der Waals surface area contributed by atoms with Gasteiger partial charge in [-0.1, -0.05) is 12.1 Å². The summed E-state index contributed by atoms with van der Waals surface area (Å²) in [7, 11) is 0. The molecule has 2 heterocycles. The number of pyridine rings is 2. The van der Waals surface area contributed by atoms with Gasteiger partial charge in [0.2, 0.25) is 0 Å². The van der Waals surface area contributed by atoms with Gasteiger partial charge in [-0.05, 0) is 43.8 Å². The molecule has 0 radical (unpaired) electrons. The number of hydrogen-bond acceptors (Lipinski definition) is 4. The summed E-state index contributed by atoms with van der Waals surface area (Å²) in [5.74, 6) is 0. The van der Waals surface area contributed by atoms with E-state index in [2.05, 4.69) is 45.0 Å². The second-order valence-electron chi connectivity index (χ2n) is 5.02. The molecule has 0 spiro atoms. The van der Waals surface area contributed by atoms with Crippen molar-refractivity contribution in [3.8, 4) is 0 Å². The Balaban J connectivity index is 2.02. The minimum absolute atomic E-state index is 0.801. The fourth-order valence-electron chi connectivity index (χ4n) is 2.08. The Morgan fingerprint density at radius 2 is 1.90 bits per heavy atom. The van der Waals surface area contributed by atoms with Crippen molar-refractivity contribution in [2.45, 2.75) is 26.9 Å². The maximum atomic E-state index is 4.49. The Labute approximate surface area is 126 Å². The van der Waals surface area contributed by atoms with Crippen molar-refractivity contribution in [1.29, 1.82) is 0 Å². The monoisotopic (exact) mass is 282 g/mol. The lowest BCUT2D eigenvalue weighted by Crippen LogP contribution is -2.26. The molecule has 0 aliphatic rings. The van der Waals surface area contributed by atoms with Crippen LogP contribution in [0.2, 0.25) is 0 Å². The van der Waals surface area contributed by atoms with E-state index in [4.69, 9.17) is 0 Å². The van der Waals surface area contributed by atoms with Gasteiger partial charge in [0.05, 0.1) is 17.9 Å². The smallest absolute Gasteiger partial charge is 0.0544 e. The lowest BCUT2D eigenvalue weighted by Gasteiger charge is -2.20. The summed E-state index contributed by atoms with van der Waals surface area (Å²) in [5.41, 5.74) is 3.34. The number of rotatable bonds is 7. The van der Waals surface area contributed by atoms with Gasteiger partial charge in [0, 0.05) is 32.0 Å². The molecular formula is C17H22N4. The molecule has 0 bridgehead atoms.